The zero-order valence-corrected chi connectivity index (χ0v) is 16.7. The van der Waals surface area contributed by atoms with Gasteiger partial charge in [0.1, 0.15) is 11.5 Å². The number of ketones is 1. The minimum absolute atomic E-state index is 0.158. The van der Waals surface area contributed by atoms with E-state index in [9.17, 15) is 9.59 Å². The number of hydrogen-bond acceptors (Lipinski definition) is 4. The van der Waals surface area contributed by atoms with Crippen LogP contribution in [0.3, 0.4) is 0 Å². The molecule has 1 heterocycles. The molecule has 1 aliphatic carbocycles. The van der Waals surface area contributed by atoms with Gasteiger partial charge in [0.2, 0.25) is 0 Å². The van der Waals surface area contributed by atoms with Crippen LogP contribution in [0.15, 0.2) is 60.8 Å². The molecule has 0 radical (unpaired) electrons. The third-order valence-corrected chi connectivity index (χ3v) is 5.26. The number of benzene rings is 2. The van der Waals surface area contributed by atoms with Crippen molar-refractivity contribution in [3.8, 4) is 11.1 Å². The zero-order valence-electron chi connectivity index (χ0n) is 15.9. The lowest BCUT2D eigenvalue weighted by molar-refractivity contribution is 0.0863. The van der Waals surface area contributed by atoms with E-state index in [0.29, 0.717) is 33.5 Å². The second-order valence-corrected chi connectivity index (χ2v) is 7.58. The molecule has 3 aromatic rings. The topological polar surface area (TPSA) is 72.0 Å². The largest absolute Gasteiger partial charge is 0.341 e. The van der Waals surface area contributed by atoms with Gasteiger partial charge >= 0.3 is 0 Å². The maximum atomic E-state index is 13.1. The second-order valence-electron chi connectivity index (χ2n) is 7.17. The number of rotatable bonds is 6. The van der Waals surface area contributed by atoms with Gasteiger partial charge in [0.25, 0.3) is 5.91 Å². The summed E-state index contributed by atoms with van der Waals surface area (Å²) in [6.45, 7) is 1.67. The summed E-state index contributed by atoms with van der Waals surface area (Å²) in [7, 11) is 0. The van der Waals surface area contributed by atoms with Crippen molar-refractivity contribution in [2.45, 2.75) is 31.7 Å². The Bertz CT molecular complexity index is 1060. The summed E-state index contributed by atoms with van der Waals surface area (Å²) >= 11 is 6.34. The normalized spacial score (nSPS) is 14.3. The highest BCUT2D eigenvalue weighted by atomic mass is 35.5. The molecule has 1 fully saturated rings. The van der Waals surface area contributed by atoms with Crippen LogP contribution in [0, 0.1) is 0 Å². The zero-order chi connectivity index (χ0) is 20.4. The van der Waals surface area contributed by atoms with Gasteiger partial charge < -0.3 is 5.32 Å². The molecule has 1 atom stereocenters. The molecule has 6 heteroatoms. The van der Waals surface area contributed by atoms with Crippen molar-refractivity contribution in [2.24, 2.45) is 0 Å². The predicted molar refractivity (Wildman–Crippen MR) is 112 cm³/mol. The predicted octanol–water partition coefficient (Wildman–Crippen LogP) is 4.68. The molecule has 0 bridgehead atoms. The first-order chi connectivity index (χ1) is 14.0. The molecule has 0 aliphatic heterocycles. The van der Waals surface area contributed by atoms with Crippen LogP contribution in [0.4, 0.5) is 0 Å². The molecule has 5 nitrogen and oxygen atoms in total. The number of nitrogens with zero attached hydrogens (tertiary/aromatic N) is 2. The van der Waals surface area contributed by atoms with Crippen LogP contribution in [-0.4, -0.2) is 27.7 Å². The van der Waals surface area contributed by atoms with Crippen molar-refractivity contribution < 1.29 is 9.59 Å². The van der Waals surface area contributed by atoms with E-state index < -0.39 is 11.9 Å². The van der Waals surface area contributed by atoms with Crippen LogP contribution in [0.25, 0.3) is 11.1 Å². The Morgan fingerprint density at radius 1 is 1.03 bits per heavy atom. The Morgan fingerprint density at radius 2 is 1.72 bits per heavy atom. The van der Waals surface area contributed by atoms with Crippen LogP contribution in [0.5, 0.6) is 0 Å². The number of aromatic nitrogens is 2. The lowest BCUT2D eigenvalue weighted by Crippen LogP contribution is -2.39. The SMILES string of the molecule is CC(NC(=O)c1nc(C2CC2)ncc1-c1ccccc1Cl)C(=O)c1ccccc1. The van der Waals surface area contributed by atoms with Gasteiger partial charge in [-0.2, -0.15) is 0 Å². The molecule has 2 aromatic carbocycles. The van der Waals surface area contributed by atoms with Crippen molar-refractivity contribution in [2.75, 3.05) is 0 Å². The number of carbonyl (C=O) groups is 2. The highest BCUT2D eigenvalue weighted by Crippen LogP contribution is 2.39. The third kappa shape index (κ3) is 4.20. The van der Waals surface area contributed by atoms with E-state index in [1.165, 1.54) is 0 Å². The van der Waals surface area contributed by atoms with Crippen molar-refractivity contribution in [1.29, 1.82) is 0 Å². The number of hydrogen-bond donors (Lipinski definition) is 1. The maximum Gasteiger partial charge on any atom is 0.271 e. The Morgan fingerprint density at radius 3 is 2.41 bits per heavy atom. The van der Waals surface area contributed by atoms with Crippen molar-refractivity contribution in [3.05, 3.63) is 82.9 Å². The molecule has 4 rings (SSSR count). The number of amides is 1. The van der Waals surface area contributed by atoms with Gasteiger partial charge in [-0.1, -0.05) is 60.1 Å². The lowest BCUT2D eigenvalue weighted by Gasteiger charge is -2.15. The lowest BCUT2D eigenvalue weighted by atomic mass is 10.0. The van der Waals surface area contributed by atoms with E-state index >= 15 is 0 Å². The average Bonchev–Trinajstić information content (AvgIpc) is 3.59. The van der Waals surface area contributed by atoms with Crippen LogP contribution < -0.4 is 5.32 Å². The molecule has 0 spiro atoms. The van der Waals surface area contributed by atoms with Crippen LogP contribution in [0.2, 0.25) is 5.02 Å². The highest BCUT2D eigenvalue weighted by molar-refractivity contribution is 6.33. The van der Waals surface area contributed by atoms with Gasteiger partial charge in [0.05, 0.1) is 6.04 Å². The van der Waals surface area contributed by atoms with Gasteiger partial charge in [0, 0.05) is 33.8 Å². The summed E-state index contributed by atoms with van der Waals surface area (Å²) in [6, 6.07) is 15.5. The summed E-state index contributed by atoms with van der Waals surface area (Å²) in [5.41, 5.74) is 2.02. The first-order valence-electron chi connectivity index (χ1n) is 9.56. The molecular weight excluding hydrogens is 386 g/mol. The third-order valence-electron chi connectivity index (χ3n) is 4.93. The van der Waals surface area contributed by atoms with Gasteiger partial charge in [0.15, 0.2) is 5.78 Å². The van der Waals surface area contributed by atoms with Crippen molar-refractivity contribution in [1.82, 2.24) is 15.3 Å². The molecule has 1 unspecified atom stereocenters. The first kappa shape index (κ1) is 19.3. The molecule has 1 amide bonds. The molecule has 1 aliphatic rings. The molecule has 29 heavy (non-hydrogen) atoms. The summed E-state index contributed by atoms with van der Waals surface area (Å²) in [5, 5.41) is 3.30. The Kier molecular flexibility index (Phi) is 5.41. The molecule has 1 saturated carbocycles. The van der Waals surface area contributed by atoms with Gasteiger partial charge in [-0.25, -0.2) is 9.97 Å². The maximum absolute atomic E-state index is 13.1. The Balaban J connectivity index is 1.65. The fraction of sp³-hybridized carbons (Fsp3) is 0.217. The highest BCUT2D eigenvalue weighted by Gasteiger charge is 2.29. The smallest absolute Gasteiger partial charge is 0.271 e. The van der Waals surface area contributed by atoms with Gasteiger partial charge in [-0.15, -0.1) is 0 Å². The first-order valence-corrected chi connectivity index (χ1v) is 9.94. The monoisotopic (exact) mass is 405 g/mol. The van der Waals surface area contributed by atoms with Crippen molar-refractivity contribution >= 4 is 23.3 Å². The van der Waals surface area contributed by atoms with Crippen LogP contribution >= 0.6 is 11.6 Å². The molecule has 1 aromatic heterocycles. The number of carbonyl (C=O) groups excluding carboxylic acids is 2. The second kappa shape index (κ2) is 8.13. The van der Waals surface area contributed by atoms with Crippen LogP contribution in [-0.2, 0) is 0 Å². The minimum atomic E-state index is -0.691. The summed E-state index contributed by atoms with van der Waals surface area (Å²) < 4.78 is 0. The fourth-order valence-electron chi connectivity index (χ4n) is 3.17. The molecule has 1 N–H and O–H groups in total. The molecule has 0 saturated heterocycles. The van der Waals surface area contributed by atoms with E-state index in [4.69, 9.17) is 11.6 Å². The summed E-state index contributed by atoms with van der Waals surface area (Å²) in [5.74, 6) is 0.383. The summed E-state index contributed by atoms with van der Waals surface area (Å²) in [4.78, 5) is 34.7. The van der Waals surface area contributed by atoms with E-state index in [-0.39, 0.29) is 11.5 Å². The van der Waals surface area contributed by atoms with Crippen LogP contribution in [0.1, 0.15) is 52.4 Å². The standard InChI is InChI=1S/C23H20ClN3O2/c1-14(21(28)15-7-3-2-4-8-15)26-23(29)20-18(17-9-5-6-10-19(17)24)13-25-22(27-20)16-11-12-16/h2-10,13-14,16H,11-12H2,1H3,(H,26,29). The van der Waals surface area contributed by atoms with E-state index in [1.807, 2.05) is 24.3 Å². The molecular formula is C23H20ClN3O2. The number of nitrogens with one attached hydrogen (secondary N) is 1. The minimum Gasteiger partial charge on any atom is -0.341 e. The van der Waals surface area contributed by atoms with Gasteiger partial charge in [-0.05, 0) is 25.8 Å². The number of halogens is 1. The quantitative estimate of drug-likeness (QED) is 0.604. The van der Waals surface area contributed by atoms with E-state index in [2.05, 4.69) is 15.3 Å². The average molecular weight is 406 g/mol. The number of Topliss-reactive ketones (excluding diaryl/α,β-unsaturated/α-hetero) is 1. The molecule has 146 valence electrons. The van der Waals surface area contributed by atoms with Crippen molar-refractivity contribution in [3.63, 3.8) is 0 Å². The van der Waals surface area contributed by atoms with E-state index in [0.717, 1.165) is 12.8 Å². The Labute approximate surface area is 174 Å². The fourth-order valence-corrected chi connectivity index (χ4v) is 3.40. The Hall–Kier alpha value is -3.05. The van der Waals surface area contributed by atoms with E-state index in [1.54, 1.807) is 43.5 Å². The van der Waals surface area contributed by atoms with Gasteiger partial charge in [-0.3, -0.25) is 9.59 Å². The summed E-state index contributed by atoms with van der Waals surface area (Å²) in [6.07, 6.45) is 3.70.